The SMILES string of the molecule is C=CCC(C)(C)/C=C/C=C/COCOCCOC. The molecule has 0 N–H and O–H groups in total. The molecule has 0 saturated carbocycles. The smallest absolute Gasteiger partial charge is 0.147 e. The Morgan fingerprint density at radius 2 is 1.89 bits per heavy atom. The zero-order valence-corrected chi connectivity index (χ0v) is 11.9. The molecule has 18 heavy (non-hydrogen) atoms. The second-order valence-electron chi connectivity index (χ2n) is 4.66. The van der Waals surface area contributed by atoms with Crippen molar-refractivity contribution in [3.05, 3.63) is 37.0 Å². The Bertz CT molecular complexity index is 254. The molecule has 0 aliphatic rings. The van der Waals surface area contributed by atoms with Crippen LogP contribution >= 0.6 is 0 Å². The highest BCUT2D eigenvalue weighted by Gasteiger charge is 2.09. The predicted molar refractivity (Wildman–Crippen MR) is 75.5 cm³/mol. The number of ether oxygens (including phenoxy) is 3. The van der Waals surface area contributed by atoms with Gasteiger partial charge in [-0.1, -0.05) is 44.2 Å². The van der Waals surface area contributed by atoms with E-state index in [9.17, 15) is 0 Å². The molecule has 3 nitrogen and oxygen atoms in total. The van der Waals surface area contributed by atoms with Gasteiger partial charge >= 0.3 is 0 Å². The Labute approximate surface area is 111 Å². The normalized spacial score (nSPS) is 12.6. The van der Waals surface area contributed by atoms with Crippen LogP contribution in [0.1, 0.15) is 20.3 Å². The van der Waals surface area contributed by atoms with Gasteiger partial charge in [0.25, 0.3) is 0 Å². The molecule has 0 bridgehead atoms. The summed E-state index contributed by atoms with van der Waals surface area (Å²) in [7, 11) is 1.65. The summed E-state index contributed by atoms with van der Waals surface area (Å²) >= 11 is 0. The minimum Gasteiger partial charge on any atom is -0.382 e. The molecule has 0 atom stereocenters. The number of hydrogen-bond donors (Lipinski definition) is 0. The molecule has 0 unspecified atom stereocenters. The first kappa shape index (κ1) is 17.1. The third kappa shape index (κ3) is 11.6. The summed E-state index contributed by atoms with van der Waals surface area (Å²) in [5, 5.41) is 0. The van der Waals surface area contributed by atoms with E-state index in [0.717, 1.165) is 6.42 Å². The van der Waals surface area contributed by atoms with Gasteiger partial charge in [0.2, 0.25) is 0 Å². The molecule has 0 spiro atoms. The van der Waals surface area contributed by atoms with Gasteiger partial charge in [-0.15, -0.1) is 6.58 Å². The molecule has 0 heterocycles. The van der Waals surface area contributed by atoms with E-state index < -0.39 is 0 Å². The van der Waals surface area contributed by atoms with E-state index in [0.29, 0.717) is 26.6 Å². The molecule has 0 amide bonds. The highest BCUT2D eigenvalue weighted by Crippen LogP contribution is 2.21. The Morgan fingerprint density at radius 1 is 1.11 bits per heavy atom. The third-order valence-electron chi connectivity index (χ3n) is 2.28. The third-order valence-corrected chi connectivity index (χ3v) is 2.28. The fraction of sp³-hybridized carbons (Fsp3) is 0.600. The van der Waals surface area contributed by atoms with Crippen LogP contribution in [0.25, 0.3) is 0 Å². The van der Waals surface area contributed by atoms with Crippen LogP contribution in [0.15, 0.2) is 37.0 Å². The molecule has 0 rings (SSSR count). The van der Waals surface area contributed by atoms with E-state index in [4.69, 9.17) is 14.2 Å². The first-order valence-corrected chi connectivity index (χ1v) is 6.22. The van der Waals surface area contributed by atoms with E-state index in [1.807, 2.05) is 24.3 Å². The fourth-order valence-corrected chi connectivity index (χ4v) is 1.27. The molecular weight excluding hydrogens is 228 g/mol. The van der Waals surface area contributed by atoms with Gasteiger partial charge in [-0.25, -0.2) is 0 Å². The van der Waals surface area contributed by atoms with Gasteiger partial charge in [-0.2, -0.15) is 0 Å². The Morgan fingerprint density at radius 3 is 2.56 bits per heavy atom. The maximum Gasteiger partial charge on any atom is 0.147 e. The molecule has 0 fully saturated rings. The van der Waals surface area contributed by atoms with Crippen LogP contribution in [0, 0.1) is 5.41 Å². The molecule has 0 aromatic carbocycles. The fourth-order valence-electron chi connectivity index (χ4n) is 1.27. The molecule has 0 aromatic heterocycles. The molecular formula is C15H26O3. The lowest BCUT2D eigenvalue weighted by molar-refractivity contribution is -0.0571. The van der Waals surface area contributed by atoms with Crippen molar-refractivity contribution in [3.63, 3.8) is 0 Å². The van der Waals surface area contributed by atoms with Crippen molar-refractivity contribution in [3.8, 4) is 0 Å². The van der Waals surface area contributed by atoms with Gasteiger partial charge in [0.05, 0.1) is 19.8 Å². The molecule has 0 radical (unpaired) electrons. The van der Waals surface area contributed by atoms with Crippen LogP contribution < -0.4 is 0 Å². The van der Waals surface area contributed by atoms with Crippen molar-refractivity contribution >= 4 is 0 Å². The van der Waals surface area contributed by atoms with Gasteiger partial charge in [0.1, 0.15) is 6.79 Å². The van der Waals surface area contributed by atoms with E-state index in [1.165, 1.54) is 0 Å². The van der Waals surface area contributed by atoms with Crippen molar-refractivity contribution in [2.75, 3.05) is 33.7 Å². The summed E-state index contributed by atoms with van der Waals surface area (Å²) in [6.07, 6.45) is 11.1. The topological polar surface area (TPSA) is 27.7 Å². The van der Waals surface area contributed by atoms with Crippen LogP contribution in [-0.4, -0.2) is 33.7 Å². The predicted octanol–water partition coefficient (Wildman–Crippen LogP) is 3.34. The number of rotatable bonds is 11. The maximum atomic E-state index is 5.25. The molecule has 104 valence electrons. The summed E-state index contributed by atoms with van der Waals surface area (Å²) < 4.78 is 15.2. The van der Waals surface area contributed by atoms with Crippen molar-refractivity contribution in [2.24, 2.45) is 5.41 Å². The second kappa shape index (κ2) is 11.2. The largest absolute Gasteiger partial charge is 0.382 e. The molecule has 3 heteroatoms. The average molecular weight is 254 g/mol. The summed E-state index contributed by atoms with van der Waals surface area (Å²) in [5.74, 6) is 0. The number of hydrogen-bond acceptors (Lipinski definition) is 3. The van der Waals surface area contributed by atoms with Crippen molar-refractivity contribution in [2.45, 2.75) is 20.3 Å². The quantitative estimate of drug-likeness (QED) is 0.245. The minimum absolute atomic E-state index is 0.163. The van der Waals surface area contributed by atoms with Gasteiger partial charge < -0.3 is 14.2 Å². The maximum absolute atomic E-state index is 5.25. The number of allylic oxidation sites excluding steroid dienone is 4. The second-order valence-corrected chi connectivity index (χ2v) is 4.66. The first-order chi connectivity index (χ1) is 8.62. The van der Waals surface area contributed by atoms with Gasteiger partial charge in [-0.05, 0) is 11.8 Å². The minimum atomic E-state index is 0.163. The summed E-state index contributed by atoms with van der Waals surface area (Å²) in [6.45, 7) is 10.1. The van der Waals surface area contributed by atoms with Crippen LogP contribution in [0.4, 0.5) is 0 Å². The lowest BCUT2D eigenvalue weighted by Crippen LogP contribution is -2.05. The van der Waals surface area contributed by atoms with Crippen molar-refractivity contribution in [1.82, 2.24) is 0 Å². The summed E-state index contributed by atoms with van der Waals surface area (Å²) in [4.78, 5) is 0. The summed E-state index contributed by atoms with van der Waals surface area (Å²) in [6, 6.07) is 0. The summed E-state index contributed by atoms with van der Waals surface area (Å²) in [5.41, 5.74) is 0.163. The van der Waals surface area contributed by atoms with Crippen LogP contribution in [-0.2, 0) is 14.2 Å². The Balaban J connectivity index is 3.53. The molecule has 0 aliphatic heterocycles. The van der Waals surface area contributed by atoms with E-state index in [-0.39, 0.29) is 5.41 Å². The van der Waals surface area contributed by atoms with Crippen LogP contribution in [0.5, 0.6) is 0 Å². The lowest BCUT2D eigenvalue weighted by Gasteiger charge is -2.16. The molecule has 0 aromatic rings. The van der Waals surface area contributed by atoms with Crippen molar-refractivity contribution in [1.29, 1.82) is 0 Å². The Kier molecular flexibility index (Phi) is 10.6. The number of methoxy groups -OCH3 is 1. The monoisotopic (exact) mass is 254 g/mol. The molecule has 0 aliphatic carbocycles. The zero-order valence-electron chi connectivity index (χ0n) is 11.9. The van der Waals surface area contributed by atoms with E-state index >= 15 is 0 Å². The zero-order chi connectivity index (χ0) is 13.7. The highest BCUT2D eigenvalue weighted by molar-refractivity contribution is 5.08. The average Bonchev–Trinajstić information content (AvgIpc) is 2.31. The van der Waals surface area contributed by atoms with Gasteiger partial charge in [0.15, 0.2) is 0 Å². The van der Waals surface area contributed by atoms with Gasteiger partial charge in [0, 0.05) is 7.11 Å². The first-order valence-electron chi connectivity index (χ1n) is 6.22. The Hall–Kier alpha value is -0.900. The van der Waals surface area contributed by atoms with Crippen LogP contribution in [0.3, 0.4) is 0 Å². The lowest BCUT2D eigenvalue weighted by atomic mass is 9.89. The van der Waals surface area contributed by atoms with Crippen molar-refractivity contribution < 1.29 is 14.2 Å². The van der Waals surface area contributed by atoms with Gasteiger partial charge in [-0.3, -0.25) is 0 Å². The standard InChI is InChI=1S/C15H26O3/c1-5-9-15(2,3)10-7-6-8-11-17-14-18-13-12-16-4/h5-8,10H,1,9,11-14H2,2-4H3/b8-6+,10-7+. The highest BCUT2D eigenvalue weighted by atomic mass is 16.7. The molecule has 0 saturated heterocycles. The van der Waals surface area contributed by atoms with Crippen LogP contribution in [0.2, 0.25) is 0 Å². The van der Waals surface area contributed by atoms with E-state index in [2.05, 4.69) is 26.5 Å². The van der Waals surface area contributed by atoms with E-state index in [1.54, 1.807) is 7.11 Å².